The van der Waals surface area contributed by atoms with E-state index in [1.54, 1.807) is 13.8 Å². The number of ether oxygens (including phenoxy) is 2. The lowest BCUT2D eigenvalue weighted by atomic mass is 9.67. The molecule has 0 amide bonds. The summed E-state index contributed by atoms with van der Waals surface area (Å²) in [5.41, 5.74) is 6.00. The number of hydrogen-bond acceptors (Lipinski definition) is 6. The highest BCUT2D eigenvalue weighted by molar-refractivity contribution is 6.14. The second-order valence-corrected chi connectivity index (χ2v) is 10.9. The average Bonchev–Trinajstić information content (AvgIpc) is 3.28. The van der Waals surface area contributed by atoms with Crippen LogP contribution in [0.5, 0.6) is 0 Å². The van der Waals surface area contributed by atoms with Crippen molar-refractivity contribution < 1.29 is 23.9 Å². The first-order valence-electron chi connectivity index (χ1n) is 14.5. The molecule has 0 unspecified atom stereocenters. The van der Waals surface area contributed by atoms with E-state index in [1.165, 1.54) is 0 Å². The third kappa shape index (κ3) is 4.40. The van der Waals surface area contributed by atoms with Crippen molar-refractivity contribution in [2.75, 3.05) is 13.2 Å². The second-order valence-electron chi connectivity index (χ2n) is 10.9. The van der Waals surface area contributed by atoms with E-state index >= 15 is 0 Å². The van der Waals surface area contributed by atoms with Crippen LogP contribution in [-0.2, 0) is 30.9 Å². The topological polar surface area (TPSA) is 86.6 Å². The van der Waals surface area contributed by atoms with Crippen molar-refractivity contribution >= 4 is 39.5 Å². The van der Waals surface area contributed by atoms with Crippen LogP contribution in [0.2, 0.25) is 0 Å². The number of aromatic nitrogens is 1. The number of nitrogens with zero attached hydrogens (tertiary/aromatic N) is 1. The van der Waals surface area contributed by atoms with Crippen LogP contribution in [0.25, 0.3) is 21.8 Å². The van der Waals surface area contributed by atoms with Gasteiger partial charge in [-0.3, -0.25) is 9.59 Å². The number of aryl methyl sites for hydroxylation is 1. The highest BCUT2D eigenvalue weighted by Gasteiger charge is 2.49. The highest BCUT2D eigenvalue weighted by atomic mass is 16.5. The zero-order valence-corrected chi connectivity index (χ0v) is 24.3. The number of carbonyl (C=O) groups excluding carboxylic acids is 3. The largest absolute Gasteiger partial charge is 0.465 e. The Balaban J connectivity index is 1.57. The van der Waals surface area contributed by atoms with Gasteiger partial charge in [-0.1, -0.05) is 54.6 Å². The fraction of sp³-hybridized carbons (Fsp3) is 0.286. The third-order valence-corrected chi connectivity index (χ3v) is 8.55. The Bertz CT molecular complexity index is 1800. The number of Topliss-reactive ketones (excluding diaryl/α,β-unsaturated/α-hetero) is 1. The fourth-order valence-electron chi connectivity index (χ4n) is 6.73. The van der Waals surface area contributed by atoms with E-state index in [2.05, 4.69) is 28.1 Å². The van der Waals surface area contributed by atoms with Crippen LogP contribution in [0.4, 0.5) is 0 Å². The minimum Gasteiger partial charge on any atom is -0.465 e. The van der Waals surface area contributed by atoms with Crippen LogP contribution in [0, 0.1) is 5.92 Å². The number of carbonyl (C=O) groups is 3. The van der Waals surface area contributed by atoms with E-state index in [4.69, 9.17) is 9.47 Å². The number of para-hydroxylation sites is 1. The predicted molar refractivity (Wildman–Crippen MR) is 162 cm³/mol. The van der Waals surface area contributed by atoms with Gasteiger partial charge in [0, 0.05) is 57.7 Å². The zero-order chi connectivity index (χ0) is 29.5. The number of nitrogens with one attached hydrogen (secondary N) is 1. The van der Waals surface area contributed by atoms with Crippen LogP contribution in [0.15, 0.2) is 95.3 Å². The Morgan fingerprint density at radius 2 is 1.57 bits per heavy atom. The molecule has 7 nitrogen and oxygen atoms in total. The van der Waals surface area contributed by atoms with Crippen LogP contribution < -0.4 is 5.32 Å². The highest BCUT2D eigenvalue weighted by Crippen LogP contribution is 2.48. The standard InChI is InChI=1S/C35H34N2O5/c1-5-41-34(39)29-20(3)36-26-19-24(21-12-8-7-9-13-21)31(35(40)42-6-2)33(38)32(26)30(29)22-16-17-28-25(18-22)23-14-10-11-15-27(23)37(28)4/h7-18,24,30-31,36H,5-6,19H2,1-4H3/t24-,30+,31-/m0/s1. The van der Waals surface area contributed by atoms with Gasteiger partial charge in [-0.15, -0.1) is 0 Å². The molecule has 42 heavy (non-hydrogen) atoms. The first kappa shape index (κ1) is 27.5. The molecule has 0 bridgehead atoms. The van der Waals surface area contributed by atoms with Crippen molar-refractivity contribution in [1.82, 2.24) is 9.88 Å². The molecule has 0 saturated heterocycles. The fourth-order valence-corrected chi connectivity index (χ4v) is 6.73. The molecule has 3 atom stereocenters. The van der Waals surface area contributed by atoms with Crippen molar-refractivity contribution in [3.05, 3.63) is 106 Å². The summed E-state index contributed by atoms with van der Waals surface area (Å²) < 4.78 is 13.1. The summed E-state index contributed by atoms with van der Waals surface area (Å²) in [6.45, 7) is 5.72. The zero-order valence-electron chi connectivity index (χ0n) is 24.3. The Morgan fingerprint density at radius 3 is 2.31 bits per heavy atom. The summed E-state index contributed by atoms with van der Waals surface area (Å²) in [5, 5.41) is 5.49. The Labute approximate surface area is 244 Å². The predicted octanol–water partition coefficient (Wildman–Crippen LogP) is 6.05. The molecule has 0 fully saturated rings. The van der Waals surface area contributed by atoms with E-state index in [1.807, 2.05) is 68.6 Å². The Morgan fingerprint density at radius 1 is 0.881 bits per heavy atom. The minimum atomic E-state index is -1.03. The smallest absolute Gasteiger partial charge is 0.336 e. The molecule has 0 spiro atoms. The van der Waals surface area contributed by atoms with Gasteiger partial charge in [0.25, 0.3) is 0 Å². The van der Waals surface area contributed by atoms with Crippen LogP contribution in [-0.4, -0.2) is 35.5 Å². The first-order chi connectivity index (χ1) is 20.3. The van der Waals surface area contributed by atoms with Gasteiger partial charge in [-0.2, -0.15) is 0 Å². The lowest BCUT2D eigenvalue weighted by Crippen LogP contribution is -2.43. The summed E-state index contributed by atoms with van der Waals surface area (Å²) in [5.74, 6) is -3.49. The summed E-state index contributed by atoms with van der Waals surface area (Å²) in [6, 6.07) is 23.9. The molecule has 4 aromatic rings. The molecule has 1 N–H and O–H groups in total. The lowest BCUT2D eigenvalue weighted by molar-refractivity contribution is -0.152. The van der Waals surface area contributed by atoms with Gasteiger partial charge >= 0.3 is 11.9 Å². The quantitative estimate of drug-likeness (QED) is 0.228. The molecule has 0 saturated carbocycles. The number of benzene rings is 3. The van der Waals surface area contributed by atoms with Crippen molar-refractivity contribution in [3.63, 3.8) is 0 Å². The summed E-state index contributed by atoms with van der Waals surface area (Å²) in [6.07, 6.45) is 0.426. The number of rotatable bonds is 6. The minimum absolute atomic E-state index is 0.169. The first-order valence-corrected chi connectivity index (χ1v) is 14.5. The van der Waals surface area contributed by atoms with Gasteiger partial charge < -0.3 is 19.4 Å². The molecule has 0 radical (unpaired) electrons. The van der Waals surface area contributed by atoms with Crippen LogP contribution in [0.3, 0.4) is 0 Å². The number of allylic oxidation sites excluding steroid dienone is 3. The molecular weight excluding hydrogens is 528 g/mol. The molecule has 2 heterocycles. The maximum atomic E-state index is 14.6. The number of ketones is 1. The van der Waals surface area contributed by atoms with Gasteiger partial charge in [0.1, 0.15) is 5.92 Å². The van der Waals surface area contributed by atoms with Gasteiger partial charge in [-0.25, -0.2) is 4.79 Å². The van der Waals surface area contributed by atoms with Gasteiger partial charge in [0.05, 0.1) is 18.8 Å². The second kappa shape index (κ2) is 11.0. The molecule has 6 rings (SSSR count). The van der Waals surface area contributed by atoms with Crippen molar-refractivity contribution in [2.24, 2.45) is 13.0 Å². The van der Waals surface area contributed by atoms with Crippen LogP contribution >= 0.6 is 0 Å². The average molecular weight is 563 g/mol. The van der Waals surface area contributed by atoms with E-state index < -0.39 is 29.7 Å². The number of fused-ring (bicyclic) bond motifs is 3. The monoisotopic (exact) mass is 562 g/mol. The molecule has 7 heteroatoms. The summed E-state index contributed by atoms with van der Waals surface area (Å²) in [4.78, 5) is 41.5. The third-order valence-electron chi connectivity index (χ3n) is 8.55. The molecule has 214 valence electrons. The molecule has 1 aliphatic carbocycles. The number of esters is 2. The molecule has 2 aliphatic rings. The summed E-state index contributed by atoms with van der Waals surface area (Å²) >= 11 is 0. The number of dihydropyridines is 1. The summed E-state index contributed by atoms with van der Waals surface area (Å²) in [7, 11) is 2.03. The van der Waals surface area contributed by atoms with Crippen LogP contribution in [0.1, 0.15) is 50.2 Å². The van der Waals surface area contributed by atoms with Crippen molar-refractivity contribution in [1.29, 1.82) is 0 Å². The lowest BCUT2D eigenvalue weighted by Gasteiger charge is -2.39. The van der Waals surface area contributed by atoms with Crippen molar-refractivity contribution in [3.8, 4) is 0 Å². The van der Waals surface area contributed by atoms with Crippen molar-refractivity contribution in [2.45, 2.75) is 39.0 Å². The maximum Gasteiger partial charge on any atom is 0.336 e. The van der Waals surface area contributed by atoms with Gasteiger partial charge in [-0.05, 0) is 56.5 Å². The Hall–Kier alpha value is -4.65. The normalized spacial score (nSPS) is 20.5. The number of hydrogen-bond donors (Lipinski definition) is 1. The maximum absolute atomic E-state index is 14.6. The molecular formula is C35H34N2O5. The molecule has 1 aromatic heterocycles. The van der Waals surface area contributed by atoms with E-state index in [-0.39, 0.29) is 19.0 Å². The van der Waals surface area contributed by atoms with Gasteiger partial charge in [0.2, 0.25) is 0 Å². The van der Waals surface area contributed by atoms with E-state index in [0.717, 1.165) is 38.6 Å². The molecule has 1 aliphatic heterocycles. The van der Waals surface area contributed by atoms with E-state index in [0.29, 0.717) is 23.3 Å². The van der Waals surface area contributed by atoms with E-state index in [9.17, 15) is 14.4 Å². The Kier molecular flexibility index (Phi) is 7.19. The van der Waals surface area contributed by atoms with Gasteiger partial charge in [0.15, 0.2) is 5.78 Å². The molecule has 3 aromatic carbocycles. The SMILES string of the molecule is CCOC(=O)C1=C(C)NC2=C(C(=O)[C@@H](C(=O)OCC)[C@H](c3ccccc3)C2)[C@@H]1c1ccc2c(c1)c1ccccc1n2C.